The third kappa shape index (κ3) is 4.31. The number of esters is 1. The standard InChI is InChI=1S/C22H21O2S/c1-17(2)22(23)24-18-13-15-21(16-14-18)25(19-9-5-3-6-10-19)20-11-7-4-8-12-20/h3-11,13-16,20H,1,12H2,2H3/q+1. The van der Waals surface area contributed by atoms with Gasteiger partial charge >= 0.3 is 5.97 Å². The van der Waals surface area contributed by atoms with E-state index in [1.165, 1.54) is 9.79 Å². The molecule has 0 N–H and O–H groups in total. The molecule has 3 heteroatoms. The number of ether oxygens (including phenoxy) is 1. The van der Waals surface area contributed by atoms with Gasteiger partial charge in [0.15, 0.2) is 15.0 Å². The van der Waals surface area contributed by atoms with Crippen LogP contribution in [0.4, 0.5) is 0 Å². The number of rotatable bonds is 5. The van der Waals surface area contributed by atoms with Crippen LogP contribution < -0.4 is 4.74 Å². The molecule has 0 amide bonds. The molecule has 0 saturated carbocycles. The average molecular weight is 349 g/mol. The Morgan fingerprint density at radius 2 is 1.72 bits per heavy atom. The molecule has 25 heavy (non-hydrogen) atoms. The Balaban J connectivity index is 1.88. The van der Waals surface area contributed by atoms with Crippen molar-refractivity contribution in [1.29, 1.82) is 0 Å². The molecule has 0 saturated heterocycles. The van der Waals surface area contributed by atoms with E-state index < -0.39 is 5.97 Å². The van der Waals surface area contributed by atoms with Crippen molar-refractivity contribution in [3.05, 3.63) is 91.1 Å². The topological polar surface area (TPSA) is 26.3 Å². The monoisotopic (exact) mass is 349 g/mol. The summed E-state index contributed by atoms with van der Waals surface area (Å²) >= 11 is 0. The minimum atomic E-state index is -0.393. The first-order valence-corrected chi connectivity index (χ1v) is 9.53. The Bertz CT molecular complexity index is 804. The molecule has 1 aliphatic rings. The number of carbonyl (C=O) groups is 1. The molecule has 3 rings (SSSR count). The lowest BCUT2D eigenvalue weighted by Gasteiger charge is -2.16. The van der Waals surface area contributed by atoms with Crippen molar-refractivity contribution in [1.82, 2.24) is 0 Å². The molecule has 126 valence electrons. The van der Waals surface area contributed by atoms with E-state index in [-0.39, 0.29) is 10.9 Å². The number of benzene rings is 2. The van der Waals surface area contributed by atoms with Crippen molar-refractivity contribution in [3.63, 3.8) is 0 Å². The number of allylic oxidation sites excluding steroid dienone is 3. The minimum absolute atomic E-state index is 0.0635. The maximum atomic E-state index is 11.7. The molecule has 0 aliphatic heterocycles. The Morgan fingerprint density at radius 1 is 1.04 bits per heavy atom. The second kappa shape index (κ2) is 8.04. The van der Waals surface area contributed by atoms with Crippen molar-refractivity contribution in [3.8, 4) is 5.75 Å². The van der Waals surface area contributed by atoms with Crippen molar-refractivity contribution >= 4 is 16.9 Å². The maximum Gasteiger partial charge on any atom is 0.338 e. The van der Waals surface area contributed by atoms with Gasteiger partial charge in [-0.1, -0.05) is 43.0 Å². The maximum absolute atomic E-state index is 11.7. The average Bonchev–Trinajstić information content (AvgIpc) is 2.65. The van der Waals surface area contributed by atoms with Crippen LogP contribution >= 0.6 is 0 Å². The predicted molar refractivity (Wildman–Crippen MR) is 104 cm³/mol. The number of hydrogen-bond donors (Lipinski definition) is 0. The predicted octanol–water partition coefficient (Wildman–Crippen LogP) is 5.09. The summed E-state index contributed by atoms with van der Waals surface area (Å²) in [5, 5.41) is 0.441. The quantitative estimate of drug-likeness (QED) is 0.325. The van der Waals surface area contributed by atoms with Crippen LogP contribution in [0.2, 0.25) is 0 Å². The minimum Gasteiger partial charge on any atom is -0.423 e. The van der Waals surface area contributed by atoms with Crippen LogP contribution in [0.3, 0.4) is 0 Å². The fourth-order valence-corrected chi connectivity index (χ4v) is 5.04. The molecule has 0 heterocycles. The highest BCUT2D eigenvalue weighted by atomic mass is 32.2. The fourth-order valence-electron chi connectivity index (χ4n) is 2.63. The summed E-state index contributed by atoms with van der Waals surface area (Å²) in [5.41, 5.74) is 0.396. The molecule has 2 aromatic rings. The lowest BCUT2D eigenvalue weighted by molar-refractivity contribution is -0.130. The van der Waals surface area contributed by atoms with Gasteiger partial charge in [-0.25, -0.2) is 4.79 Å². The molecule has 0 radical (unpaired) electrons. The van der Waals surface area contributed by atoms with E-state index in [4.69, 9.17) is 4.74 Å². The van der Waals surface area contributed by atoms with E-state index in [1.54, 1.807) is 6.92 Å². The van der Waals surface area contributed by atoms with Crippen LogP contribution in [0.1, 0.15) is 13.3 Å². The zero-order valence-electron chi connectivity index (χ0n) is 14.2. The molecule has 0 aromatic heterocycles. The largest absolute Gasteiger partial charge is 0.423 e. The van der Waals surface area contributed by atoms with Crippen molar-refractivity contribution < 1.29 is 9.53 Å². The molecular weight excluding hydrogens is 328 g/mol. The van der Waals surface area contributed by atoms with Crippen LogP contribution in [0.25, 0.3) is 0 Å². The van der Waals surface area contributed by atoms with Crippen molar-refractivity contribution in [2.24, 2.45) is 0 Å². The molecule has 2 nitrogen and oxygen atoms in total. The van der Waals surface area contributed by atoms with Crippen molar-refractivity contribution in [2.45, 2.75) is 28.4 Å². The van der Waals surface area contributed by atoms with E-state index in [0.29, 0.717) is 16.6 Å². The van der Waals surface area contributed by atoms with E-state index in [2.05, 4.69) is 67.3 Å². The molecule has 2 unspecified atom stereocenters. The van der Waals surface area contributed by atoms with Gasteiger partial charge in [-0.15, -0.1) is 0 Å². The lowest BCUT2D eigenvalue weighted by Crippen LogP contribution is -2.20. The summed E-state index contributed by atoms with van der Waals surface area (Å²) in [4.78, 5) is 14.2. The van der Waals surface area contributed by atoms with Gasteiger partial charge in [0, 0.05) is 12.0 Å². The zero-order chi connectivity index (χ0) is 17.6. The summed E-state index contributed by atoms with van der Waals surface area (Å²) in [6.45, 7) is 5.26. The molecular formula is C22H21O2S+. The van der Waals surface area contributed by atoms with Crippen LogP contribution in [-0.4, -0.2) is 11.2 Å². The summed E-state index contributed by atoms with van der Waals surface area (Å²) in [6, 6.07) is 18.4. The van der Waals surface area contributed by atoms with Gasteiger partial charge in [0.25, 0.3) is 0 Å². The van der Waals surface area contributed by atoms with Crippen LogP contribution in [-0.2, 0) is 15.7 Å². The third-order valence-corrected chi connectivity index (χ3v) is 6.39. The Morgan fingerprint density at radius 3 is 2.32 bits per heavy atom. The van der Waals surface area contributed by atoms with E-state index in [9.17, 15) is 4.79 Å². The smallest absolute Gasteiger partial charge is 0.338 e. The normalized spacial score (nSPS) is 17.1. The molecule has 0 fully saturated rings. The fraction of sp³-hybridized carbons (Fsp3) is 0.136. The Labute approximate surface area is 151 Å². The highest BCUT2D eigenvalue weighted by molar-refractivity contribution is 7.97. The summed E-state index contributed by atoms with van der Waals surface area (Å²) < 4.78 is 5.30. The molecule has 1 aliphatic carbocycles. The highest BCUT2D eigenvalue weighted by Crippen LogP contribution is 2.32. The SMILES string of the molecule is C=C(C)C(=O)Oc1ccc([S+](c2ccccc2)C2C=CC=CC2)cc1. The molecule has 0 bridgehead atoms. The zero-order valence-corrected chi connectivity index (χ0v) is 15.0. The Kier molecular flexibility index (Phi) is 5.56. The molecule has 2 atom stereocenters. The van der Waals surface area contributed by atoms with Gasteiger partial charge < -0.3 is 4.74 Å². The van der Waals surface area contributed by atoms with Gasteiger partial charge in [-0.05, 0) is 49.4 Å². The Hall–Kier alpha value is -2.52. The van der Waals surface area contributed by atoms with Crippen LogP contribution in [0, 0.1) is 0 Å². The lowest BCUT2D eigenvalue weighted by atomic mass is 10.2. The molecule has 0 spiro atoms. The first-order chi connectivity index (χ1) is 12.1. The summed E-state index contributed by atoms with van der Waals surface area (Å²) in [6.07, 6.45) is 9.76. The van der Waals surface area contributed by atoms with Crippen molar-refractivity contribution in [2.75, 3.05) is 0 Å². The number of carbonyl (C=O) groups excluding carboxylic acids is 1. The van der Waals surface area contributed by atoms with E-state index in [0.717, 1.165) is 6.42 Å². The van der Waals surface area contributed by atoms with E-state index in [1.807, 2.05) is 18.2 Å². The van der Waals surface area contributed by atoms with Gasteiger partial charge in [0.2, 0.25) is 0 Å². The summed E-state index contributed by atoms with van der Waals surface area (Å²) in [5.74, 6) is 0.155. The highest BCUT2D eigenvalue weighted by Gasteiger charge is 2.33. The third-order valence-electron chi connectivity index (χ3n) is 3.88. The second-order valence-electron chi connectivity index (χ2n) is 5.88. The first-order valence-electron chi connectivity index (χ1n) is 8.24. The molecule has 2 aromatic carbocycles. The van der Waals surface area contributed by atoms with Gasteiger partial charge in [-0.3, -0.25) is 0 Å². The number of hydrogen-bond acceptors (Lipinski definition) is 2. The van der Waals surface area contributed by atoms with E-state index >= 15 is 0 Å². The first kappa shape index (κ1) is 17.3. The van der Waals surface area contributed by atoms with Crippen LogP contribution in [0.15, 0.2) is 101 Å². The van der Waals surface area contributed by atoms with Crippen LogP contribution in [0.5, 0.6) is 5.75 Å². The second-order valence-corrected chi connectivity index (χ2v) is 8.10. The van der Waals surface area contributed by atoms with Gasteiger partial charge in [-0.2, -0.15) is 0 Å². The summed E-state index contributed by atoms with van der Waals surface area (Å²) in [7, 11) is -0.0635. The van der Waals surface area contributed by atoms with Gasteiger partial charge in [0.1, 0.15) is 5.75 Å². The van der Waals surface area contributed by atoms with Gasteiger partial charge in [0.05, 0.1) is 10.9 Å².